The van der Waals surface area contributed by atoms with Gasteiger partial charge in [-0.1, -0.05) is 11.6 Å². The number of carbonyl (C=O) groups excluding carboxylic acids is 1. The van der Waals surface area contributed by atoms with Gasteiger partial charge in [0.2, 0.25) is 5.88 Å². The molecule has 30 heavy (non-hydrogen) atoms. The van der Waals surface area contributed by atoms with Gasteiger partial charge in [0.05, 0.1) is 23.0 Å². The van der Waals surface area contributed by atoms with Gasteiger partial charge in [0.1, 0.15) is 5.82 Å². The van der Waals surface area contributed by atoms with E-state index >= 15 is 0 Å². The van der Waals surface area contributed by atoms with Gasteiger partial charge >= 0.3 is 6.18 Å². The summed E-state index contributed by atoms with van der Waals surface area (Å²) < 4.78 is 41.1. The van der Waals surface area contributed by atoms with E-state index in [-0.39, 0.29) is 29.4 Å². The molecule has 1 N–H and O–H groups in total. The van der Waals surface area contributed by atoms with Crippen LogP contribution in [0.4, 0.5) is 13.2 Å². The molecule has 2 heterocycles. The van der Waals surface area contributed by atoms with Gasteiger partial charge in [-0.2, -0.15) is 13.2 Å². The smallest absolute Gasteiger partial charge is 0.422 e. The minimum Gasteiger partial charge on any atom is -0.468 e. The molecule has 0 spiro atoms. The van der Waals surface area contributed by atoms with E-state index in [4.69, 9.17) is 11.6 Å². The molecule has 0 aliphatic heterocycles. The Hall–Kier alpha value is -3.14. The quantitative estimate of drug-likeness (QED) is 0.633. The van der Waals surface area contributed by atoms with Crippen LogP contribution in [0, 0.1) is 0 Å². The van der Waals surface area contributed by atoms with Gasteiger partial charge < -0.3 is 14.6 Å². The van der Waals surface area contributed by atoms with Crippen molar-refractivity contribution < 1.29 is 22.7 Å². The largest absolute Gasteiger partial charge is 0.468 e. The average molecular weight is 441 g/mol. The van der Waals surface area contributed by atoms with Gasteiger partial charge in [-0.05, 0) is 31.2 Å². The molecule has 2 aromatic heterocycles. The van der Waals surface area contributed by atoms with Gasteiger partial charge in [-0.3, -0.25) is 9.59 Å². The molecule has 0 bridgehead atoms. The molecule has 1 aromatic carbocycles. The number of H-pyrrole nitrogens is 1. The van der Waals surface area contributed by atoms with E-state index < -0.39 is 18.7 Å². The van der Waals surface area contributed by atoms with Gasteiger partial charge in [-0.25, -0.2) is 9.97 Å². The molecule has 0 unspecified atom stereocenters. The number of halogens is 4. The number of nitrogens with zero attached hydrogens (tertiary/aromatic N) is 3. The average Bonchev–Trinajstić information content (AvgIpc) is 2.69. The van der Waals surface area contributed by atoms with Crippen molar-refractivity contribution in [2.75, 3.05) is 13.2 Å². The zero-order valence-electron chi connectivity index (χ0n) is 15.7. The molecule has 1 amide bonds. The third kappa shape index (κ3) is 5.26. The maximum Gasteiger partial charge on any atom is 0.422 e. The Morgan fingerprint density at radius 2 is 2.03 bits per heavy atom. The van der Waals surface area contributed by atoms with Crippen LogP contribution in [0.2, 0.25) is 5.02 Å². The topological polar surface area (TPSA) is 88.2 Å². The number of ether oxygens (including phenoxy) is 1. The van der Waals surface area contributed by atoms with E-state index in [0.717, 1.165) is 6.20 Å². The highest BCUT2D eigenvalue weighted by molar-refractivity contribution is 6.31. The number of fused-ring (bicyclic) bond motifs is 1. The monoisotopic (exact) mass is 440 g/mol. The Kier molecular flexibility index (Phi) is 6.25. The van der Waals surface area contributed by atoms with Gasteiger partial charge in [0.25, 0.3) is 11.5 Å². The van der Waals surface area contributed by atoms with Crippen LogP contribution in [0.3, 0.4) is 0 Å². The highest BCUT2D eigenvalue weighted by Gasteiger charge is 2.28. The fourth-order valence-electron chi connectivity index (χ4n) is 2.67. The number of aromatic nitrogens is 3. The fraction of sp³-hybridized carbons (Fsp3) is 0.263. The standard InChI is InChI=1S/C19H16ClF3N4O3/c1-2-27(9-15-25-14-7-12(20)4-5-13(14)17(28)26-15)18(29)11-3-6-16(24-8-11)30-10-19(21,22)23/h3-8H,2,9-10H2,1H3,(H,25,26,28). The summed E-state index contributed by atoms with van der Waals surface area (Å²) in [6.45, 7) is 0.573. The van der Waals surface area contributed by atoms with Crippen LogP contribution in [0.5, 0.6) is 5.88 Å². The lowest BCUT2D eigenvalue weighted by molar-refractivity contribution is -0.154. The molecule has 3 aromatic rings. The van der Waals surface area contributed by atoms with E-state index in [2.05, 4.69) is 19.7 Å². The summed E-state index contributed by atoms with van der Waals surface area (Å²) in [4.78, 5) is 37.1. The van der Waals surface area contributed by atoms with Crippen LogP contribution in [-0.2, 0) is 6.54 Å². The van der Waals surface area contributed by atoms with Crippen molar-refractivity contribution >= 4 is 28.4 Å². The molecule has 11 heteroatoms. The third-order valence-electron chi connectivity index (χ3n) is 4.09. The second-order valence-electron chi connectivity index (χ2n) is 6.28. The lowest BCUT2D eigenvalue weighted by Crippen LogP contribution is -2.32. The Morgan fingerprint density at radius 1 is 1.27 bits per heavy atom. The maximum absolute atomic E-state index is 12.7. The summed E-state index contributed by atoms with van der Waals surface area (Å²) >= 11 is 5.95. The zero-order valence-corrected chi connectivity index (χ0v) is 16.4. The summed E-state index contributed by atoms with van der Waals surface area (Å²) in [5, 5.41) is 0.796. The number of alkyl halides is 3. The predicted molar refractivity (Wildman–Crippen MR) is 104 cm³/mol. The second-order valence-corrected chi connectivity index (χ2v) is 6.72. The van der Waals surface area contributed by atoms with Crippen molar-refractivity contribution in [3.8, 4) is 5.88 Å². The summed E-state index contributed by atoms with van der Waals surface area (Å²) in [6, 6.07) is 7.20. The second kappa shape index (κ2) is 8.70. The molecule has 7 nitrogen and oxygen atoms in total. The number of nitrogens with one attached hydrogen (secondary N) is 1. The maximum atomic E-state index is 12.7. The highest BCUT2D eigenvalue weighted by atomic mass is 35.5. The molecule has 0 saturated carbocycles. The number of amides is 1. The fourth-order valence-corrected chi connectivity index (χ4v) is 2.84. The molecule has 0 fully saturated rings. The Labute approximate surface area is 173 Å². The molecule has 0 radical (unpaired) electrons. The number of pyridine rings is 1. The molecule has 0 atom stereocenters. The summed E-state index contributed by atoms with van der Waals surface area (Å²) in [5.74, 6) is -0.409. The van der Waals surface area contributed by atoms with E-state index in [1.165, 1.54) is 17.0 Å². The van der Waals surface area contributed by atoms with Crippen LogP contribution in [0.25, 0.3) is 10.9 Å². The third-order valence-corrected chi connectivity index (χ3v) is 4.33. The van der Waals surface area contributed by atoms with Crippen LogP contribution in [-0.4, -0.2) is 45.1 Å². The first-order chi connectivity index (χ1) is 14.2. The first-order valence-corrected chi connectivity index (χ1v) is 9.17. The summed E-state index contributed by atoms with van der Waals surface area (Å²) in [6.07, 6.45) is -3.35. The van der Waals surface area contributed by atoms with Crippen LogP contribution < -0.4 is 10.3 Å². The number of rotatable bonds is 6. The first kappa shape index (κ1) is 21.6. The number of hydrogen-bond donors (Lipinski definition) is 1. The normalized spacial score (nSPS) is 11.5. The predicted octanol–water partition coefficient (Wildman–Crippen LogP) is 3.57. The van der Waals surface area contributed by atoms with Crippen LogP contribution >= 0.6 is 11.6 Å². The summed E-state index contributed by atoms with van der Waals surface area (Å²) in [7, 11) is 0. The highest BCUT2D eigenvalue weighted by Crippen LogP contribution is 2.18. The molecular formula is C19H16ClF3N4O3. The van der Waals surface area contributed by atoms with E-state index in [9.17, 15) is 22.8 Å². The Bertz CT molecular complexity index is 1120. The SMILES string of the molecule is CCN(Cc1nc2cc(Cl)ccc2c(=O)[nH]1)C(=O)c1ccc(OCC(F)(F)F)nc1. The van der Waals surface area contributed by atoms with Crippen LogP contribution in [0.15, 0.2) is 41.3 Å². The number of hydrogen-bond acceptors (Lipinski definition) is 5. The molecule has 0 aliphatic carbocycles. The van der Waals surface area contributed by atoms with Gasteiger partial charge in [0, 0.05) is 23.8 Å². The van der Waals surface area contributed by atoms with Crippen molar-refractivity contribution in [1.29, 1.82) is 0 Å². The van der Waals surface area contributed by atoms with Gasteiger partial charge in [0.15, 0.2) is 6.61 Å². The van der Waals surface area contributed by atoms with Gasteiger partial charge in [-0.15, -0.1) is 0 Å². The summed E-state index contributed by atoms with van der Waals surface area (Å²) in [5.41, 5.74) is 0.197. The van der Waals surface area contributed by atoms with Crippen molar-refractivity contribution in [1.82, 2.24) is 19.9 Å². The van der Waals surface area contributed by atoms with E-state index in [1.54, 1.807) is 25.1 Å². The Balaban J connectivity index is 1.76. The van der Waals surface area contributed by atoms with E-state index in [1.807, 2.05) is 0 Å². The molecule has 3 rings (SSSR count). The van der Waals surface area contributed by atoms with Crippen molar-refractivity contribution in [2.45, 2.75) is 19.6 Å². The minimum atomic E-state index is -4.48. The Morgan fingerprint density at radius 3 is 2.67 bits per heavy atom. The van der Waals surface area contributed by atoms with Crippen molar-refractivity contribution in [3.05, 3.63) is 63.3 Å². The molecule has 0 saturated heterocycles. The lowest BCUT2D eigenvalue weighted by atomic mass is 10.2. The number of benzene rings is 1. The zero-order chi connectivity index (χ0) is 21.9. The first-order valence-electron chi connectivity index (χ1n) is 8.79. The number of aromatic amines is 1. The van der Waals surface area contributed by atoms with Crippen molar-refractivity contribution in [2.24, 2.45) is 0 Å². The van der Waals surface area contributed by atoms with E-state index in [0.29, 0.717) is 22.5 Å². The molecule has 0 aliphatic rings. The molecule has 158 valence electrons. The molecular weight excluding hydrogens is 425 g/mol. The minimum absolute atomic E-state index is 0.0132. The lowest BCUT2D eigenvalue weighted by Gasteiger charge is -2.20. The van der Waals surface area contributed by atoms with Crippen molar-refractivity contribution in [3.63, 3.8) is 0 Å². The number of carbonyl (C=O) groups is 1. The van der Waals surface area contributed by atoms with Crippen LogP contribution in [0.1, 0.15) is 23.1 Å².